The van der Waals surface area contributed by atoms with Crippen LogP contribution in [0.4, 0.5) is 0 Å². The molecule has 4 heteroatoms. The van der Waals surface area contributed by atoms with Gasteiger partial charge in [0.1, 0.15) is 4.60 Å². The van der Waals surface area contributed by atoms with Crippen LogP contribution < -0.4 is 5.32 Å². The molecule has 1 N–H and O–H groups in total. The number of nitrogens with zero attached hydrogens (tertiary/aromatic N) is 1. The Balaban J connectivity index is 1.81. The maximum absolute atomic E-state index is 5.81. The monoisotopic (exact) mass is 270 g/mol. The summed E-state index contributed by atoms with van der Waals surface area (Å²) in [5.41, 5.74) is 1.17. The molecule has 15 heavy (non-hydrogen) atoms. The lowest BCUT2D eigenvalue weighted by Gasteiger charge is -2.23. The fourth-order valence-electron chi connectivity index (χ4n) is 1.71. The highest BCUT2D eigenvalue weighted by molar-refractivity contribution is 9.10. The second-order valence-corrected chi connectivity index (χ2v) is 4.58. The summed E-state index contributed by atoms with van der Waals surface area (Å²) in [6, 6.07) is 3.98. The maximum Gasteiger partial charge on any atom is 0.106 e. The number of pyridine rings is 1. The molecule has 82 valence electrons. The van der Waals surface area contributed by atoms with E-state index in [2.05, 4.69) is 26.2 Å². The van der Waals surface area contributed by atoms with E-state index in [9.17, 15) is 0 Å². The Bertz CT molecular complexity index is 313. The summed E-state index contributed by atoms with van der Waals surface area (Å²) in [7, 11) is 0. The van der Waals surface area contributed by atoms with Crippen molar-refractivity contribution in [2.24, 2.45) is 0 Å². The predicted molar refractivity (Wildman–Crippen MR) is 62.6 cm³/mol. The molecule has 1 aromatic rings. The number of nitrogens with one attached hydrogen (secondary N) is 1. The van der Waals surface area contributed by atoms with Crippen LogP contribution in [0.15, 0.2) is 22.9 Å². The van der Waals surface area contributed by atoms with Gasteiger partial charge in [-0.25, -0.2) is 4.98 Å². The minimum atomic E-state index is 0.366. The Morgan fingerprint density at radius 3 is 3.27 bits per heavy atom. The van der Waals surface area contributed by atoms with E-state index in [-0.39, 0.29) is 0 Å². The smallest absolute Gasteiger partial charge is 0.106 e. The molecule has 0 aliphatic carbocycles. The highest BCUT2D eigenvalue weighted by Gasteiger charge is 2.12. The number of hydrogen-bond donors (Lipinski definition) is 1. The number of hydrogen-bond acceptors (Lipinski definition) is 3. The molecule has 1 fully saturated rings. The van der Waals surface area contributed by atoms with E-state index in [1.807, 2.05) is 12.1 Å². The van der Waals surface area contributed by atoms with Crippen LogP contribution in [0.5, 0.6) is 0 Å². The Morgan fingerprint density at radius 2 is 2.53 bits per heavy atom. The van der Waals surface area contributed by atoms with Gasteiger partial charge in [0.2, 0.25) is 0 Å². The van der Waals surface area contributed by atoms with E-state index >= 15 is 0 Å². The molecule has 0 bridgehead atoms. The van der Waals surface area contributed by atoms with Crippen LogP contribution in [0.3, 0.4) is 0 Å². The molecule has 1 saturated heterocycles. The number of rotatable bonds is 3. The fraction of sp³-hybridized carbons (Fsp3) is 0.545. The second-order valence-electron chi connectivity index (χ2n) is 3.77. The fourth-order valence-corrected chi connectivity index (χ4v) is 2.12. The summed E-state index contributed by atoms with van der Waals surface area (Å²) in [5, 5.41) is 3.34. The average molecular weight is 271 g/mol. The standard InChI is InChI=1S/C11H15BrN2O/c12-11-6-9(3-5-14-11)8-15-10-2-1-4-13-7-10/h3,5-6,10,13H,1-2,4,7-8H2/t10-/m0/s1. The van der Waals surface area contributed by atoms with Crippen molar-refractivity contribution < 1.29 is 4.74 Å². The van der Waals surface area contributed by atoms with Crippen LogP contribution in [-0.4, -0.2) is 24.2 Å². The van der Waals surface area contributed by atoms with Gasteiger partial charge in [-0.1, -0.05) is 0 Å². The zero-order valence-corrected chi connectivity index (χ0v) is 10.2. The number of ether oxygens (including phenoxy) is 1. The summed E-state index contributed by atoms with van der Waals surface area (Å²) < 4.78 is 6.68. The van der Waals surface area contributed by atoms with Gasteiger partial charge in [-0.3, -0.25) is 0 Å². The quantitative estimate of drug-likeness (QED) is 0.855. The molecule has 1 aliphatic rings. The summed E-state index contributed by atoms with van der Waals surface area (Å²) >= 11 is 3.35. The molecule has 1 atom stereocenters. The van der Waals surface area contributed by atoms with Crippen molar-refractivity contribution >= 4 is 15.9 Å². The van der Waals surface area contributed by atoms with Crippen molar-refractivity contribution in [3.63, 3.8) is 0 Å². The van der Waals surface area contributed by atoms with Crippen molar-refractivity contribution in [2.45, 2.75) is 25.6 Å². The summed E-state index contributed by atoms with van der Waals surface area (Å²) in [6.45, 7) is 2.78. The normalized spacial score (nSPS) is 21.5. The first kappa shape index (κ1) is 11.0. The number of aromatic nitrogens is 1. The van der Waals surface area contributed by atoms with Gasteiger partial charge in [0, 0.05) is 12.7 Å². The third-order valence-corrected chi connectivity index (χ3v) is 2.96. The van der Waals surface area contributed by atoms with Crippen molar-refractivity contribution in [3.05, 3.63) is 28.5 Å². The average Bonchev–Trinajstić information content (AvgIpc) is 2.28. The van der Waals surface area contributed by atoms with E-state index < -0.39 is 0 Å². The zero-order chi connectivity index (χ0) is 10.5. The molecule has 0 radical (unpaired) electrons. The van der Waals surface area contributed by atoms with Gasteiger partial charge >= 0.3 is 0 Å². The Hall–Kier alpha value is -0.450. The van der Waals surface area contributed by atoms with Gasteiger partial charge in [-0.2, -0.15) is 0 Å². The predicted octanol–water partition coefficient (Wildman–Crippen LogP) is 2.11. The first-order valence-electron chi connectivity index (χ1n) is 5.27. The van der Waals surface area contributed by atoms with E-state index in [1.54, 1.807) is 6.20 Å². The van der Waals surface area contributed by atoms with Crippen molar-refractivity contribution in [2.75, 3.05) is 13.1 Å². The van der Waals surface area contributed by atoms with Crippen LogP contribution in [0.1, 0.15) is 18.4 Å². The van der Waals surface area contributed by atoms with Crippen LogP contribution in [0.2, 0.25) is 0 Å². The molecule has 0 saturated carbocycles. The largest absolute Gasteiger partial charge is 0.372 e. The lowest BCUT2D eigenvalue weighted by molar-refractivity contribution is 0.0252. The first-order valence-corrected chi connectivity index (χ1v) is 6.06. The van der Waals surface area contributed by atoms with Crippen molar-refractivity contribution in [1.29, 1.82) is 0 Å². The molecule has 2 heterocycles. The minimum Gasteiger partial charge on any atom is -0.372 e. The van der Waals surface area contributed by atoms with Crippen LogP contribution in [0.25, 0.3) is 0 Å². The minimum absolute atomic E-state index is 0.366. The topological polar surface area (TPSA) is 34.1 Å². The van der Waals surface area contributed by atoms with E-state index in [4.69, 9.17) is 4.74 Å². The number of halogens is 1. The Morgan fingerprint density at radius 1 is 1.60 bits per heavy atom. The van der Waals surface area contributed by atoms with Gasteiger partial charge in [0.05, 0.1) is 12.7 Å². The molecule has 1 aromatic heterocycles. The van der Waals surface area contributed by atoms with Crippen LogP contribution >= 0.6 is 15.9 Å². The molecular formula is C11H15BrN2O. The second kappa shape index (κ2) is 5.58. The van der Waals surface area contributed by atoms with Crippen LogP contribution in [0, 0.1) is 0 Å². The molecule has 3 nitrogen and oxygen atoms in total. The summed E-state index contributed by atoms with van der Waals surface area (Å²) in [5.74, 6) is 0. The molecule has 0 amide bonds. The number of piperidine rings is 1. The molecule has 0 aromatic carbocycles. The third kappa shape index (κ3) is 3.55. The van der Waals surface area contributed by atoms with Gasteiger partial charge in [0.25, 0.3) is 0 Å². The SMILES string of the molecule is Brc1cc(CO[C@H]2CCCNC2)ccn1. The van der Waals surface area contributed by atoms with Crippen molar-refractivity contribution in [1.82, 2.24) is 10.3 Å². The van der Waals surface area contributed by atoms with E-state index in [0.717, 1.165) is 17.7 Å². The molecule has 0 spiro atoms. The van der Waals surface area contributed by atoms with Crippen molar-refractivity contribution in [3.8, 4) is 0 Å². The molecular weight excluding hydrogens is 256 g/mol. The van der Waals surface area contributed by atoms with Gasteiger partial charge in [-0.05, 0) is 53.0 Å². The summed E-state index contributed by atoms with van der Waals surface area (Å²) in [4.78, 5) is 4.08. The third-order valence-electron chi connectivity index (χ3n) is 2.53. The highest BCUT2D eigenvalue weighted by atomic mass is 79.9. The molecule has 1 aliphatic heterocycles. The van der Waals surface area contributed by atoms with E-state index in [0.29, 0.717) is 12.7 Å². The van der Waals surface area contributed by atoms with Gasteiger partial charge < -0.3 is 10.1 Å². The van der Waals surface area contributed by atoms with Crippen LogP contribution in [-0.2, 0) is 11.3 Å². The Kier molecular flexibility index (Phi) is 4.11. The Labute approximate surface area is 98.4 Å². The lowest BCUT2D eigenvalue weighted by atomic mass is 10.1. The van der Waals surface area contributed by atoms with Gasteiger partial charge in [0.15, 0.2) is 0 Å². The first-order chi connectivity index (χ1) is 7.34. The maximum atomic E-state index is 5.81. The highest BCUT2D eigenvalue weighted by Crippen LogP contribution is 2.12. The van der Waals surface area contributed by atoms with Gasteiger partial charge in [-0.15, -0.1) is 0 Å². The van der Waals surface area contributed by atoms with E-state index in [1.165, 1.54) is 18.4 Å². The summed E-state index contributed by atoms with van der Waals surface area (Å²) in [6.07, 6.45) is 4.54. The molecule has 2 rings (SSSR count). The molecule has 0 unspecified atom stereocenters. The lowest BCUT2D eigenvalue weighted by Crippen LogP contribution is -2.35. The zero-order valence-electron chi connectivity index (χ0n) is 8.58.